The van der Waals surface area contributed by atoms with Crippen molar-refractivity contribution in [3.63, 3.8) is 0 Å². The molecule has 1 aromatic heterocycles. The first-order valence-electron chi connectivity index (χ1n) is 5.54. The number of aryl methyl sites for hydroxylation is 1. The molecule has 2 heterocycles. The quantitative estimate of drug-likeness (QED) is 0.700. The molecule has 1 aliphatic rings. The van der Waals surface area contributed by atoms with Crippen molar-refractivity contribution in [3.8, 4) is 0 Å². The number of hydrogen-bond donors (Lipinski definition) is 3. The van der Waals surface area contributed by atoms with E-state index in [0.29, 0.717) is 18.5 Å². The molecule has 6 heteroatoms. The summed E-state index contributed by atoms with van der Waals surface area (Å²) in [4.78, 5) is 8.45. The van der Waals surface area contributed by atoms with Gasteiger partial charge in [-0.2, -0.15) is 0 Å². The molecule has 1 aromatic rings. The summed E-state index contributed by atoms with van der Waals surface area (Å²) in [7, 11) is 1.72. The van der Waals surface area contributed by atoms with Gasteiger partial charge in [0.15, 0.2) is 11.9 Å². The van der Waals surface area contributed by atoms with Gasteiger partial charge in [-0.25, -0.2) is 4.99 Å². The number of furan rings is 1. The number of aliphatic imine (C=N–C) groups is 2. The smallest absolute Gasteiger partial charge is 0.200 e. The molecule has 1 fully saturated rings. The Morgan fingerprint density at radius 1 is 1.29 bits per heavy atom. The summed E-state index contributed by atoms with van der Waals surface area (Å²) in [6.07, 6.45) is 0.104. The van der Waals surface area contributed by atoms with Crippen LogP contribution in [0, 0.1) is 6.92 Å². The van der Waals surface area contributed by atoms with Crippen molar-refractivity contribution in [2.24, 2.45) is 9.98 Å². The fourth-order valence-electron chi connectivity index (χ4n) is 1.56. The van der Waals surface area contributed by atoms with E-state index in [0.717, 1.165) is 11.5 Å². The van der Waals surface area contributed by atoms with Crippen LogP contribution in [-0.2, 0) is 6.54 Å². The van der Waals surface area contributed by atoms with Crippen LogP contribution in [0.15, 0.2) is 26.5 Å². The minimum absolute atomic E-state index is 0.104. The summed E-state index contributed by atoms with van der Waals surface area (Å²) in [5.74, 6) is 3.16. The Morgan fingerprint density at radius 2 is 2.06 bits per heavy atom. The van der Waals surface area contributed by atoms with E-state index in [1.807, 2.05) is 26.0 Å². The van der Waals surface area contributed by atoms with E-state index in [2.05, 4.69) is 25.9 Å². The van der Waals surface area contributed by atoms with E-state index in [4.69, 9.17) is 4.42 Å². The lowest BCUT2D eigenvalue weighted by molar-refractivity contribution is 0.484. The average molecular weight is 235 g/mol. The molecule has 0 spiro atoms. The van der Waals surface area contributed by atoms with E-state index in [-0.39, 0.29) is 6.17 Å². The van der Waals surface area contributed by atoms with Gasteiger partial charge in [-0.15, -0.1) is 0 Å². The first-order chi connectivity index (χ1) is 8.17. The van der Waals surface area contributed by atoms with Crippen LogP contribution >= 0.6 is 0 Å². The summed E-state index contributed by atoms with van der Waals surface area (Å²) in [6.45, 7) is 4.42. The zero-order valence-corrected chi connectivity index (χ0v) is 10.2. The molecular weight excluding hydrogens is 218 g/mol. The second-order valence-corrected chi connectivity index (χ2v) is 3.88. The highest BCUT2D eigenvalue weighted by Gasteiger charge is 2.15. The molecule has 6 nitrogen and oxygen atoms in total. The predicted octanol–water partition coefficient (Wildman–Crippen LogP) is 0.558. The number of hydrogen-bond acceptors (Lipinski definition) is 3. The SMILES string of the molecule is CN=C1NC(=NCc2ccc(C)o2)NC(C)N1. The molecule has 0 bridgehead atoms. The largest absolute Gasteiger partial charge is 0.464 e. The van der Waals surface area contributed by atoms with Crippen LogP contribution in [0.1, 0.15) is 18.4 Å². The molecule has 0 radical (unpaired) electrons. The maximum absolute atomic E-state index is 5.45. The van der Waals surface area contributed by atoms with Gasteiger partial charge in [-0.05, 0) is 26.0 Å². The Morgan fingerprint density at radius 3 is 2.71 bits per heavy atom. The third-order valence-corrected chi connectivity index (χ3v) is 2.36. The third-order valence-electron chi connectivity index (χ3n) is 2.36. The van der Waals surface area contributed by atoms with E-state index >= 15 is 0 Å². The number of rotatable bonds is 2. The Balaban J connectivity index is 2.01. The Labute approximate surface area is 100 Å². The number of nitrogens with one attached hydrogen (secondary N) is 3. The Bertz CT molecular complexity index is 448. The van der Waals surface area contributed by atoms with Crippen LogP contribution in [0.2, 0.25) is 0 Å². The van der Waals surface area contributed by atoms with Crippen LogP contribution in [0.5, 0.6) is 0 Å². The van der Waals surface area contributed by atoms with Crippen LogP contribution in [-0.4, -0.2) is 25.1 Å². The lowest BCUT2D eigenvalue weighted by atomic mass is 10.4. The highest BCUT2D eigenvalue weighted by atomic mass is 16.3. The van der Waals surface area contributed by atoms with Crippen LogP contribution in [0.3, 0.4) is 0 Å². The first kappa shape index (κ1) is 11.5. The van der Waals surface area contributed by atoms with E-state index in [1.165, 1.54) is 0 Å². The van der Waals surface area contributed by atoms with Gasteiger partial charge in [-0.1, -0.05) is 0 Å². The minimum Gasteiger partial charge on any atom is -0.464 e. The topological polar surface area (TPSA) is 74.0 Å². The average Bonchev–Trinajstić information content (AvgIpc) is 2.72. The molecule has 1 saturated heterocycles. The summed E-state index contributed by atoms with van der Waals surface area (Å²) >= 11 is 0. The molecule has 1 unspecified atom stereocenters. The molecule has 1 atom stereocenters. The van der Waals surface area contributed by atoms with Crippen LogP contribution in [0.25, 0.3) is 0 Å². The van der Waals surface area contributed by atoms with Gasteiger partial charge in [0.05, 0.1) is 6.17 Å². The maximum Gasteiger partial charge on any atom is 0.200 e. The second kappa shape index (κ2) is 4.90. The van der Waals surface area contributed by atoms with Crippen molar-refractivity contribution in [2.75, 3.05) is 7.05 Å². The van der Waals surface area contributed by atoms with Gasteiger partial charge in [0, 0.05) is 7.05 Å². The van der Waals surface area contributed by atoms with Crippen molar-refractivity contribution in [1.82, 2.24) is 16.0 Å². The molecule has 0 aliphatic carbocycles. The van der Waals surface area contributed by atoms with Crippen molar-refractivity contribution < 1.29 is 4.42 Å². The fourth-order valence-corrected chi connectivity index (χ4v) is 1.56. The third kappa shape index (κ3) is 2.99. The minimum atomic E-state index is 0.104. The molecule has 17 heavy (non-hydrogen) atoms. The van der Waals surface area contributed by atoms with Gasteiger partial charge in [-0.3, -0.25) is 10.3 Å². The molecule has 92 valence electrons. The highest BCUT2D eigenvalue weighted by Crippen LogP contribution is 2.07. The van der Waals surface area contributed by atoms with Crippen LogP contribution in [0.4, 0.5) is 0 Å². The summed E-state index contributed by atoms with van der Waals surface area (Å²) in [6, 6.07) is 3.86. The van der Waals surface area contributed by atoms with Crippen molar-refractivity contribution >= 4 is 11.9 Å². The monoisotopic (exact) mass is 235 g/mol. The first-order valence-corrected chi connectivity index (χ1v) is 5.54. The number of guanidine groups is 2. The Kier molecular flexibility index (Phi) is 3.32. The fraction of sp³-hybridized carbons (Fsp3) is 0.455. The number of nitrogens with zero attached hydrogens (tertiary/aromatic N) is 2. The van der Waals surface area contributed by atoms with Gasteiger partial charge in [0.1, 0.15) is 18.1 Å². The van der Waals surface area contributed by atoms with Crippen LogP contribution < -0.4 is 16.0 Å². The van der Waals surface area contributed by atoms with E-state index in [9.17, 15) is 0 Å². The zero-order valence-electron chi connectivity index (χ0n) is 10.2. The standard InChI is InChI=1S/C11H17N5O/c1-7-4-5-9(17-7)6-13-11-15-8(2)14-10(12-3)16-11/h4-5,8H,6H2,1-3H3,(H3,12,13,14,15,16). The van der Waals surface area contributed by atoms with Crippen molar-refractivity contribution in [1.29, 1.82) is 0 Å². The molecule has 2 rings (SSSR count). The van der Waals surface area contributed by atoms with E-state index < -0.39 is 0 Å². The maximum atomic E-state index is 5.45. The van der Waals surface area contributed by atoms with Gasteiger partial charge in [0.2, 0.25) is 0 Å². The molecule has 1 aliphatic heterocycles. The molecular formula is C11H17N5O. The summed E-state index contributed by atoms with van der Waals surface area (Å²) < 4.78 is 5.45. The second-order valence-electron chi connectivity index (χ2n) is 3.88. The molecule has 0 amide bonds. The van der Waals surface area contributed by atoms with Crippen molar-refractivity contribution in [2.45, 2.75) is 26.6 Å². The van der Waals surface area contributed by atoms with Crippen molar-refractivity contribution in [3.05, 3.63) is 23.7 Å². The lowest BCUT2D eigenvalue weighted by Crippen LogP contribution is -2.61. The molecule has 3 N–H and O–H groups in total. The summed E-state index contributed by atoms with van der Waals surface area (Å²) in [5.41, 5.74) is 0. The normalized spacial score (nSPS) is 24.3. The van der Waals surface area contributed by atoms with E-state index in [1.54, 1.807) is 7.05 Å². The zero-order chi connectivity index (χ0) is 12.3. The summed E-state index contributed by atoms with van der Waals surface area (Å²) in [5, 5.41) is 9.33. The highest BCUT2D eigenvalue weighted by molar-refractivity contribution is 6.00. The van der Waals surface area contributed by atoms with Gasteiger partial charge >= 0.3 is 0 Å². The molecule has 0 saturated carbocycles. The van der Waals surface area contributed by atoms with Gasteiger partial charge < -0.3 is 15.1 Å². The predicted molar refractivity (Wildman–Crippen MR) is 66.8 cm³/mol. The lowest BCUT2D eigenvalue weighted by Gasteiger charge is -2.27. The van der Waals surface area contributed by atoms with Gasteiger partial charge in [0.25, 0.3) is 0 Å². The Hall–Kier alpha value is -1.98. The molecule has 0 aromatic carbocycles.